The van der Waals surface area contributed by atoms with Crippen molar-refractivity contribution in [2.75, 3.05) is 16.4 Å². The minimum Gasteiger partial charge on any atom is -0.447 e. The molecule has 1 aromatic heterocycles. The van der Waals surface area contributed by atoms with Gasteiger partial charge in [0.15, 0.2) is 6.23 Å². The zero-order valence-electron chi connectivity index (χ0n) is 17.3. The molecule has 0 bridgehead atoms. The average molecular weight is 416 g/mol. The van der Waals surface area contributed by atoms with E-state index in [0.717, 1.165) is 27.5 Å². The van der Waals surface area contributed by atoms with E-state index in [1.807, 2.05) is 36.4 Å². The molecule has 0 aliphatic carbocycles. The van der Waals surface area contributed by atoms with Crippen LogP contribution in [0.2, 0.25) is 0 Å². The summed E-state index contributed by atoms with van der Waals surface area (Å²) in [6.45, 7) is 3.56. The third-order valence-corrected chi connectivity index (χ3v) is 4.78. The van der Waals surface area contributed by atoms with Gasteiger partial charge < -0.3 is 20.9 Å². The molecule has 4 aromatic rings. The lowest BCUT2D eigenvalue weighted by Crippen LogP contribution is -2.18. The molecule has 1 amide bonds. The third-order valence-electron chi connectivity index (χ3n) is 4.78. The quantitative estimate of drug-likeness (QED) is 0.206. The largest absolute Gasteiger partial charge is 0.447 e. The number of ether oxygens (including phenoxy) is 1. The Hall–Kier alpha value is -3.84. The van der Waals surface area contributed by atoms with Crippen molar-refractivity contribution >= 4 is 45.0 Å². The molecule has 0 spiro atoms. The summed E-state index contributed by atoms with van der Waals surface area (Å²) in [5.41, 5.74) is 9.97. The molecular weight excluding hydrogens is 392 g/mol. The number of carbonyl (C=O) groups excluding carboxylic acids is 1. The Bertz CT molecular complexity index is 1260. The fraction of sp³-hybridized carbons (Fsp3) is 0.167. The summed E-state index contributed by atoms with van der Waals surface area (Å²) in [6, 6.07) is 20.2. The van der Waals surface area contributed by atoms with Crippen molar-refractivity contribution in [3.63, 3.8) is 0 Å². The van der Waals surface area contributed by atoms with Gasteiger partial charge in [0.2, 0.25) is 0 Å². The van der Waals surface area contributed by atoms with Gasteiger partial charge in [-0.25, -0.2) is 9.78 Å². The Balaban J connectivity index is 1.67. The first-order valence-electron chi connectivity index (χ1n) is 10.0. The first-order valence-corrected chi connectivity index (χ1v) is 10.0. The first kappa shape index (κ1) is 20.4. The topological polar surface area (TPSA) is 110 Å². The number of nitrogens with two attached hydrogens (primary N) is 1. The highest BCUT2D eigenvalue weighted by Crippen LogP contribution is 2.34. The number of nitrogens with one attached hydrogen (secondary N) is 2. The van der Waals surface area contributed by atoms with Gasteiger partial charge >= 0.3 is 6.09 Å². The number of hydrogen-bond acceptors (Lipinski definition) is 6. The Kier molecular flexibility index (Phi) is 5.60. The molecule has 3 aromatic carbocycles. The number of para-hydroxylation sites is 1. The van der Waals surface area contributed by atoms with Gasteiger partial charge in [0, 0.05) is 27.7 Å². The van der Waals surface area contributed by atoms with Gasteiger partial charge in [0.1, 0.15) is 0 Å². The minimum absolute atomic E-state index is 0.224. The molecule has 5 N–H and O–H groups in total. The molecule has 0 aliphatic heterocycles. The van der Waals surface area contributed by atoms with E-state index in [1.54, 1.807) is 44.2 Å². The van der Waals surface area contributed by atoms with Crippen LogP contribution in [0.15, 0.2) is 66.7 Å². The predicted octanol–water partition coefficient (Wildman–Crippen LogP) is 5.03. The summed E-state index contributed by atoms with van der Waals surface area (Å²) >= 11 is 0. The summed E-state index contributed by atoms with van der Waals surface area (Å²) in [7, 11) is 0. The second-order valence-corrected chi connectivity index (χ2v) is 7.53. The van der Waals surface area contributed by atoms with E-state index in [-0.39, 0.29) is 6.10 Å². The Morgan fingerprint density at radius 3 is 2.58 bits per heavy atom. The monoisotopic (exact) mass is 416 g/mol. The molecule has 0 fully saturated rings. The van der Waals surface area contributed by atoms with Crippen molar-refractivity contribution in [2.24, 2.45) is 0 Å². The fourth-order valence-electron chi connectivity index (χ4n) is 3.43. The number of nitrogen functional groups attached to an aromatic ring is 1. The molecule has 4 rings (SSSR count). The normalized spacial score (nSPS) is 12.1. The van der Waals surface area contributed by atoms with Crippen molar-refractivity contribution in [1.82, 2.24) is 4.98 Å². The molecule has 31 heavy (non-hydrogen) atoms. The third kappa shape index (κ3) is 4.51. The second kappa shape index (κ2) is 8.49. The van der Waals surface area contributed by atoms with Crippen molar-refractivity contribution in [1.29, 1.82) is 0 Å². The van der Waals surface area contributed by atoms with Crippen LogP contribution >= 0.6 is 0 Å². The van der Waals surface area contributed by atoms with Crippen molar-refractivity contribution in [2.45, 2.75) is 26.2 Å². The molecular formula is C24H24N4O3. The molecule has 1 heterocycles. The summed E-state index contributed by atoms with van der Waals surface area (Å²) in [5, 5.41) is 18.6. The van der Waals surface area contributed by atoms with Crippen LogP contribution in [0.1, 0.15) is 25.6 Å². The van der Waals surface area contributed by atoms with E-state index in [4.69, 9.17) is 10.5 Å². The maximum absolute atomic E-state index is 11.9. The van der Waals surface area contributed by atoms with Crippen LogP contribution in [0.5, 0.6) is 0 Å². The van der Waals surface area contributed by atoms with Crippen molar-refractivity contribution in [3.8, 4) is 0 Å². The van der Waals surface area contributed by atoms with Crippen LogP contribution in [0.25, 0.3) is 21.8 Å². The van der Waals surface area contributed by atoms with Crippen LogP contribution in [-0.4, -0.2) is 22.3 Å². The van der Waals surface area contributed by atoms with E-state index in [9.17, 15) is 9.90 Å². The van der Waals surface area contributed by atoms with Crippen LogP contribution in [0.3, 0.4) is 0 Å². The minimum atomic E-state index is -1.02. The number of benzene rings is 3. The Morgan fingerprint density at radius 2 is 1.77 bits per heavy atom. The van der Waals surface area contributed by atoms with Gasteiger partial charge in [-0.3, -0.25) is 5.32 Å². The zero-order valence-corrected chi connectivity index (χ0v) is 17.3. The van der Waals surface area contributed by atoms with Gasteiger partial charge in [0.25, 0.3) is 0 Å². The van der Waals surface area contributed by atoms with Gasteiger partial charge in [-0.05, 0) is 50.2 Å². The summed E-state index contributed by atoms with van der Waals surface area (Å²) < 4.78 is 5.11. The summed E-state index contributed by atoms with van der Waals surface area (Å²) in [4.78, 5) is 16.6. The highest BCUT2D eigenvalue weighted by atomic mass is 16.6. The van der Waals surface area contributed by atoms with Gasteiger partial charge in [-0.1, -0.05) is 30.3 Å². The number of nitrogens with zero attached hydrogens (tertiary/aromatic N) is 1. The average Bonchev–Trinajstić information content (AvgIpc) is 2.72. The number of aliphatic hydroxyl groups excluding tert-OH is 1. The zero-order chi connectivity index (χ0) is 22.0. The predicted molar refractivity (Wildman–Crippen MR) is 124 cm³/mol. The second-order valence-electron chi connectivity index (χ2n) is 7.53. The van der Waals surface area contributed by atoms with Gasteiger partial charge in [-0.2, -0.15) is 0 Å². The number of pyridine rings is 1. The van der Waals surface area contributed by atoms with E-state index in [1.165, 1.54) is 0 Å². The maximum atomic E-state index is 11.9. The lowest BCUT2D eigenvalue weighted by Gasteiger charge is -2.19. The van der Waals surface area contributed by atoms with E-state index in [0.29, 0.717) is 16.9 Å². The summed E-state index contributed by atoms with van der Waals surface area (Å²) in [5.74, 6) is 0. The first-order chi connectivity index (χ1) is 14.9. The molecule has 7 nitrogen and oxygen atoms in total. The van der Waals surface area contributed by atoms with Gasteiger partial charge in [-0.15, -0.1) is 0 Å². The highest BCUT2D eigenvalue weighted by Gasteiger charge is 2.15. The number of anilines is 3. The molecule has 0 saturated carbocycles. The Morgan fingerprint density at radius 1 is 1.00 bits per heavy atom. The van der Waals surface area contributed by atoms with Crippen LogP contribution in [-0.2, 0) is 4.74 Å². The smallest absolute Gasteiger partial charge is 0.411 e. The Labute approximate surface area is 179 Å². The van der Waals surface area contributed by atoms with Crippen molar-refractivity contribution < 1.29 is 14.6 Å². The summed E-state index contributed by atoms with van der Waals surface area (Å²) in [6.07, 6.45) is -1.79. The van der Waals surface area contributed by atoms with Gasteiger partial charge in [0.05, 0.1) is 22.8 Å². The standard InChI is InChI=1S/C24H24N4O3/c1-14(2)31-24(30)26-17-7-5-6-15(12-17)23(29)28-22-18-8-3-4-9-20(18)27-21-13-16(25)10-11-19(21)22/h3-14,23,29H,25H2,1-2H3,(H,26,30)(H,27,28). The lowest BCUT2D eigenvalue weighted by atomic mass is 10.1. The molecule has 1 unspecified atom stereocenters. The molecule has 0 aliphatic rings. The van der Waals surface area contributed by atoms with Crippen molar-refractivity contribution in [3.05, 3.63) is 72.3 Å². The number of rotatable bonds is 5. The molecule has 158 valence electrons. The number of aliphatic hydroxyl groups is 1. The fourth-order valence-corrected chi connectivity index (χ4v) is 3.43. The lowest BCUT2D eigenvalue weighted by molar-refractivity contribution is 0.130. The van der Waals surface area contributed by atoms with E-state index in [2.05, 4.69) is 15.6 Å². The number of aromatic nitrogens is 1. The van der Waals surface area contributed by atoms with E-state index < -0.39 is 12.3 Å². The number of amides is 1. The number of fused-ring (bicyclic) bond motifs is 2. The van der Waals surface area contributed by atoms with Crippen LogP contribution in [0.4, 0.5) is 21.9 Å². The van der Waals surface area contributed by atoms with Crippen LogP contribution in [0, 0.1) is 0 Å². The molecule has 0 radical (unpaired) electrons. The molecule has 7 heteroatoms. The number of carbonyl (C=O) groups is 1. The highest BCUT2D eigenvalue weighted by molar-refractivity contribution is 6.08. The molecule has 0 saturated heterocycles. The SMILES string of the molecule is CC(C)OC(=O)Nc1cccc(C(O)Nc2c3ccccc3nc3cc(N)ccc23)c1. The van der Waals surface area contributed by atoms with E-state index >= 15 is 0 Å². The maximum Gasteiger partial charge on any atom is 0.411 e. The molecule has 1 atom stereocenters. The van der Waals surface area contributed by atoms with Crippen LogP contribution < -0.4 is 16.4 Å². The number of hydrogen-bond donors (Lipinski definition) is 4.